The van der Waals surface area contributed by atoms with Crippen LogP contribution in [-0.4, -0.2) is 15.0 Å². The fraction of sp³-hybridized carbons (Fsp3) is 0.164. The number of benzene rings is 6. The molecule has 58 heavy (non-hydrogen) atoms. The number of fused-ring (bicyclic) bond motifs is 3. The Hall–Kier alpha value is -6.58. The van der Waals surface area contributed by atoms with E-state index < -0.39 is 0 Å². The maximum atomic E-state index is 5.54. The summed E-state index contributed by atoms with van der Waals surface area (Å²) >= 11 is 0. The first-order valence-corrected chi connectivity index (χ1v) is 20.3. The van der Waals surface area contributed by atoms with Crippen molar-refractivity contribution >= 4 is 21.8 Å². The van der Waals surface area contributed by atoms with Crippen molar-refractivity contribution in [3.8, 4) is 67.2 Å². The molecule has 0 amide bonds. The highest BCUT2D eigenvalue weighted by atomic mass is 14.8. The van der Waals surface area contributed by atoms with E-state index in [2.05, 4.69) is 211 Å². The molecule has 0 bridgehead atoms. The monoisotopic (exact) mass is 751 g/mol. The van der Waals surface area contributed by atoms with Crippen molar-refractivity contribution in [3.05, 3.63) is 181 Å². The van der Waals surface area contributed by atoms with Crippen LogP contribution in [0.2, 0.25) is 0 Å². The molecule has 3 aromatic heterocycles. The normalized spacial score (nSPS) is 12.1. The lowest BCUT2D eigenvalue weighted by molar-refractivity contribution is 0.590. The van der Waals surface area contributed by atoms with E-state index in [1.54, 1.807) is 0 Å². The van der Waals surface area contributed by atoms with E-state index >= 15 is 0 Å². The minimum atomic E-state index is -0.107. The number of rotatable bonds is 6. The Labute approximate surface area is 342 Å². The van der Waals surface area contributed by atoms with Crippen LogP contribution in [0, 0.1) is 6.92 Å². The van der Waals surface area contributed by atoms with Crippen LogP contribution in [0.25, 0.3) is 89.0 Å². The van der Waals surface area contributed by atoms with Gasteiger partial charge in [0.2, 0.25) is 0 Å². The Morgan fingerprint density at radius 1 is 0.397 bits per heavy atom. The molecule has 0 aliphatic rings. The van der Waals surface area contributed by atoms with Gasteiger partial charge in [-0.2, -0.15) is 0 Å². The van der Waals surface area contributed by atoms with Crippen LogP contribution >= 0.6 is 0 Å². The van der Waals surface area contributed by atoms with E-state index in [-0.39, 0.29) is 10.8 Å². The molecular weight excluding hydrogens is 703 g/mol. The summed E-state index contributed by atoms with van der Waals surface area (Å²) in [5, 5.41) is 2.39. The average molecular weight is 752 g/mol. The molecule has 0 unspecified atom stereocenters. The van der Waals surface area contributed by atoms with E-state index in [0.717, 1.165) is 61.5 Å². The third kappa shape index (κ3) is 7.03. The molecule has 6 aromatic carbocycles. The number of nitrogens with one attached hydrogen (secondary N) is 1. The molecule has 284 valence electrons. The number of aromatic amines is 1. The van der Waals surface area contributed by atoms with E-state index in [1.807, 2.05) is 6.20 Å². The lowest BCUT2D eigenvalue weighted by atomic mass is 9.83. The molecule has 0 radical (unpaired) electrons. The molecule has 0 spiro atoms. The van der Waals surface area contributed by atoms with Crippen LogP contribution in [0.15, 0.2) is 164 Å². The zero-order valence-electron chi connectivity index (χ0n) is 34.5. The number of hydrogen-bond acceptors (Lipinski definition) is 2. The first-order chi connectivity index (χ1) is 27.9. The van der Waals surface area contributed by atoms with Gasteiger partial charge in [0.05, 0.1) is 28.1 Å². The Morgan fingerprint density at radius 3 is 1.45 bits per heavy atom. The summed E-state index contributed by atoms with van der Waals surface area (Å²) in [6.07, 6.45) is 2.02. The van der Waals surface area contributed by atoms with Crippen molar-refractivity contribution in [2.45, 2.75) is 59.3 Å². The Kier molecular flexibility index (Phi) is 9.20. The predicted molar refractivity (Wildman–Crippen MR) is 246 cm³/mol. The maximum Gasteiger partial charge on any atom is 0.0736 e. The van der Waals surface area contributed by atoms with E-state index in [9.17, 15) is 0 Å². The summed E-state index contributed by atoms with van der Waals surface area (Å²) in [7, 11) is 0. The molecule has 0 fully saturated rings. The first kappa shape index (κ1) is 37.0. The van der Waals surface area contributed by atoms with Crippen molar-refractivity contribution in [2.24, 2.45) is 0 Å². The van der Waals surface area contributed by atoms with Crippen LogP contribution < -0.4 is 0 Å². The van der Waals surface area contributed by atoms with Crippen molar-refractivity contribution in [3.63, 3.8) is 0 Å². The lowest BCUT2D eigenvalue weighted by Crippen LogP contribution is -2.11. The van der Waals surface area contributed by atoms with Gasteiger partial charge in [0, 0.05) is 33.7 Å². The average Bonchev–Trinajstić information content (AvgIpc) is 3.62. The molecule has 9 aromatic rings. The van der Waals surface area contributed by atoms with Gasteiger partial charge in [0.25, 0.3) is 0 Å². The van der Waals surface area contributed by atoms with Crippen LogP contribution in [0.4, 0.5) is 0 Å². The highest BCUT2D eigenvalue weighted by molar-refractivity contribution is 6.16. The Morgan fingerprint density at radius 2 is 0.879 bits per heavy atom. The van der Waals surface area contributed by atoms with E-state index in [1.165, 1.54) is 44.2 Å². The quantitative estimate of drug-likeness (QED) is 0.184. The molecule has 3 heterocycles. The minimum Gasteiger partial charge on any atom is -0.353 e. The number of hydrogen-bond donors (Lipinski definition) is 1. The number of H-pyrrole nitrogens is 1. The molecule has 0 aliphatic carbocycles. The van der Waals surface area contributed by atoms with Crippen molar-refractivity contribution in [1.82, 2.24) is 15.0 Å². The SMILES string of the molecule is Cc1cnc(-c2cc(C(C)(C)C)cc3c2[nH]c2c(-c4cc(-c5ccccc5)cc(-c5cccc(-c6ccccc6)c5)n4)cc(C(C)(C)C)cc23)cc1-c1ccccc1. The number of pyridine rings is 2. The van der Waals surface area contributed by atoms with Gasteiger partial charge < -0.3 is 4.98 Å². The maximum absolute atomic E-state index is 5.54. The fourth-order valence-electron chi connectivity index (χ4n) is 8.08. The van der Waals surface area contributed by atoms with Crippen molar-refractivity contribution < 1.29 is 0 Å². The fourth-order valence-corrected chi connectivity index (χ4v) is 8.08. The van der Waals surface area contributed by atoms with Crippen LogP contribution in [-0.2, 0) is 10.8 Å². The molecule has 0 saturated carbocycles. The van der Waals surface area contributed by atoms with Gasteiger partial charge >= 0.3 is 0 Å². The number of aryl methyl sites for hydroxylation is 1. The van der Waals surface area contributed by atoms with Gasteiger partial charge in [-0.1, -0.05) is 151 Å². The van der Waals surface area contributed by atoms with Gasteiger partial charge in [-0.3, -0.25) is 4.98 Å². The molecule has 0 aliphatic heterocycles. The van der Waals surface area contributed by atoms with Crippen molar-refractivity contribution in [2.75, 3.05) is 0 Å². The number of nitrogens with zero attached hydrogens (tertiary/aromatic N) is 2. The van der Waals surface area contributed by atoms with Gasteiger partial charge in [0.15, 0.2) is 0 Å². The third-order valence-electron chi connectivity index (χ3n) is 11.5. The summed E-state index contributed by atoms with van der Waals surface area (Å²) in [6.45, 7) is 15.9. The second kappa shape index (κ2) is 14.4. The number of aromatic nitrogens is 3. The summed E-state index contributed by atoms with van der Waals surface area (Å²) < 4.78 is 0. The zero-order valence-corrected chi connectivity index (χ0v) is 34.5. The van der Waals surface area contributed by atoms with Crippen LogP contribution in [0.1, 0.15) is 58.2 Å². The third-order valence-corrected chi connectivity index (χ3v) is 11.5. The van der Waals surface area contributed by atoms with Gasteiger partial charge in [0.1, 0.15) is 0 Å². The van der Waals surface area contributed by atoms with E-state index in [0.29, 0.717) is 0 Å². The zero-order chi connectivity index (χ0) is 40.2. The van der Waals surface area contributed by atoms with Gasteiger partial charge in [-0.05, 0) is 116 Å². The van der Waals surface area contributed by atoms with Gasteiger partial charge in [-0.15, -0.1) is 0 Å². The molecule has 9 rings (SSSR count). The summed E-state index contributed by atoms with van der Waals surface area (Å²) in [5.74, 6) is 0. The largest absolute Gasteiger partial charge is 0.353 e. The highest BCUT2D eigenvalue weighted by Gasteiger charge is 2.25. The second-order valence-electron chi connectivity index (χ2n) is 17.7. The van der Waals surface area contributed by atoms with Crippen molar-refractivity contribution in [1.29, 1.82) is 0 Å². The van der Waals surface area contributed by atoms with Crippen LogP contribution in [0.5, 0.6) is 0 Å². The molecule has 0 saturated heterocycles. The molecule has 1 N–H and O–H groups in total. The predicted octanol–water partition coefficient (Wildman–Crippen LogP) is 15.0. The topological polar surface area (TPSA) is 41.6 Å². The summed E-state index contributed by atoms with van der Waals surface area (Å²) in [4.78, 5) is 14.7. The minimum absolute atomic E-state index is 0.0846. The standard InChI is InChI=1S/C55H49N3/c1-35-34-56-50(33-44(35)38-22-15-10-16-23-38)47-31-42(54(2,3)4)29-45-46-30-43(55(5,6)7)32-48(53(46)58-52(45)47)51-28-41(37-20-13-9-14-21-37)27-49(57-51)40-25-17-24-39(26-40)36-18-11-8-12-19-36/h8-34,58H,1-7H3. The summed E-state index contributed by atoms with van der Waals surface area (Å²) in [6, 6.07) is 56.9. The molecule has 0 atom stereocenters. The highest BCUT2D eigenvalue weighted by Crippen LogP contribution is 2.44. The summed E-state index contributed by atoms with van der Waals surface area (Å²) in [5.41, 5.74) is 18.8. The van der Waals surface area contributed by atoms with Gasteiger partial charge in [-0.25, -0.2) is 4.98 Å². The lowest BCUT2D eigenvalue weighted by Gasteiger charge is -2.22. The molecule has 3 nitrogen and oxygen atoms in total. The first-order valence-electron chi connectivity index (χ1n) is 20.3. The smallest absolute Gasteiger partial charge is 0.0736 e. The Balaban J connectivity index is 1.33. The Bertz CT molecular complexity index is 2940. The second-order valence-corrected chi connectivity index (χ2v) is 17.7. The molecular formula is C55H49N3. The molecule has 3 heteroatoms. The van der Waals surface area contributed by atoms with Crippen LogP contribution in [0.3, 0.4) is 0 Å². The van der Waals surface area contributed by atoms with E-state index in [4.69, 9.17) is 9.97 Å².